The summed E-state index contributed by atoms with van der Waals surface area (Å²) in [5, 5.41) is 1.19. The Balaban J connectivity index is 2.62. The standard InChI is InChI=1S/C14H11Cl2NO/c1-8-12(9-2-4-11(15)5-3-9)6-10(14(17)18)7-13(8)16/h2-7H,1H3,(H2,17,18). The van der Waals surface area contributed by atoms with E-state index in [0.29, 0.717) is 15.6 Å². The molecule has 0 unspecified atom stereocenters. The van der Waals surface area contributed by atoms with Crippen LogP contribution < -0.4 is 5.73 Å². The minimum absolute atomic E-state index is 0.399. The van der Waals surface area contributed by atoms with Crippen LogP contribution in [0.5, 0.6) is 0 Å². The molecule has 0 aromatic heterocycles. The number of amides is 1. The predicted molar refractivity (Wildman–Crippen MR) is 75.2 cm³/mol. The molecule has 4 heteroatoms. The van der Waals surface area contributed by atoms with Crippen molar-refractivity contribution in [1.82, 2.24) is 0 Å². The lowest BCUT2D eigenvalue weighted by Gasteiger charge is -2.10. The Labute approximate surface area is 115 Å². The van der Waals surface area contributed by atoms with Crippen LogP contribution in [0.25, 0.3) is 11.1 Å². The Bertz CT molecular complexity index is 606. The lowest BCUT2D eigenvalue weighted by atomic mass is 9.98. The van der Waals surface area contributed by atoms with Crippen LogP contribution in [0.15, 0.2) is 36.4 Å². The minimum Gasteiger partial charge on any atom is -0.366 e. The van der Waals surface area contributed by atoms with Gasteiger partial charge in [0.15, 0.2) is 0 Å². The number of nitrogens with two attached hydrogens (primary N) is 1. The number of benzene rings is 2. The zero-order chi connectivity index (χ0) is 13.3. The van der Waals surface area contributed by atoms with Crippen LogP contribution in [0.4, 0.5) is 0 Å². The maximum Gasteiger partial charge on any atom is 0.248 e. The van der Waals surface area contributed by atoms with Gasteiger partial charge in [-0.05, 0) is 47.9 Å². The van der Waals surface area contributed by atoms with Crippen molar-refractivity contribution in [3.63, 3.8) is 0 Å². The molecule has 0 aliphatic carbocycles. The summed E-state index contributed by atoms with van der Waals surface area (Å²) in [5.41, 5.74) is 8.42. The van der Waals surface area contributed by atoms with Crippen LogP contribution in [0.3, 0.4) is 0 Å². The summed E-state index contributed by atoms with van der Waals surface area (Å²) < 4.78 is 0. The number of rotatable bonds is 2. The highest BCUT2D eigenvalue weighted by Gasteiger charge is 2.10. The van der Waals surface area contributed by atoms with Gasteiger partial charge in [0.25, 0.3) is 0 Å². The largest absolute Gasteiger partial charge is 0.366 e. The van der Waals surface area contributed by atoms with Crippen molar-refractivity contribution < 1.29 is 4.79 Å². The molecule has 92 valence electrons. The van der Waals surface area contributed by atoms with E-state index >= 15 is 0 Å². The van der Waals surface area contributed by atoms with Gasteiger partial charge in [-0.25, -0.2) is 0 Å². The number of carbonyl (C=O) groups excluding carboxylic acids is 1. The second-order valence-electron chi connectivity index (χ2n) is 4.00. The van der Waals surface area contributed by atoms with E-state index in [2.05, 4.69) is 0 Å². The molecule has 0 fully saturated rings. The zero-order valence-corrected chi connectivity index (χ0v) is 11.2. The third kappa shape index (κ3) is 2.50. The molecule has 0 atom stereocenters. The molecule has 0 heterocycles. The van der Waals surface area contributed by atoms with Crippen molar-refractivity contribution in [1.29, 1.82) is 0 Å². The molecule has 0 spiro atoms. The fourth-order valence-electron chi connectivity index (χ4n) is 1.75. The van der Waals surface area contributed by atoms with Gasteiger partial charge in [-0.15, -0.1) is 0 Å². The summed E-state index contributed by atoms with van der Waals surface area (Å²) in [6, 6.07) is 10.7. The molecule has 0 aliphatic rings. The maximum absolute atomic E-state index is 11.2. The first-order valence-corrected chi connectivity index (χ1v) is 6.10. The van der Waals surface area contributed by atoms with E-state index in [-0.39, 0.29) is 0 Å². The Hall–Kier alpha value is -1.51. The third-order valence-corrected chi connectivity index (χ3v) is 3.43. The van der Waals surface area contributed by atoms with Crippen molar-refractivity contribution in [3.05, 3.63) is 57.6 Å². The van der Waals surface area contributed by atoms with Crippen molar-refractivity contribution in [3.8, 4) is 11.1 Å². The molecule has 0 saturated carbocycles. The van der Waals surface area contributed by atoms with Crippen LogP contribution >= 0.6 is 23.2 Å². The normalized spacial score (nSPS) is 10.4. The van der Waals surface area contributed by atoms with E-state index < -0.39 is 5.91 Å². The third-order valence-electron chi connectivity index (χ3n) is 2.78. The number of hydrogen-bond donors (Lipinski definition) is 1. The van der Waals surface area contributed by atoms with E-state index in [1.807, 2.05) is 19.1 Å². The highest BCUT2D eigenvalue weighted by Crippen LogP contribution is 2.30. The van der Waals surface area contributed by atoms with Crippen LogP contribution in [-0.2, 0) is 0 Å². The van der Waals surface area contributed by atoms with Crippen molar-refractivity contribution in [2.45, 2.75) is 6.92 Å². The fraction of sp³-hybridized carbons (Fsp3) is 0.0714. The summed E-state index contributed by atoms with van der Waals surface area (Å²) in [7, 11) is 0. The maximum atomic E-state index is 11.2. The van der Waals surface area contributed by atoms with Crippen LogP contribution in [-0.4, -0.2) is 5.91 Å². The molecule has 2 rings (SSSR count). The Morgan fingerprint density at radius 1 is 1.11 bits per heavy atom. The summed E-state index contributed by atoms with van der Waals surface area (Å²) in [4.78, 5) is 11.2. The smallest absolute Gasteiger partial charge is 0.248 e. The molecular weight excluding hydrogens is 269 g/mol. The molecule has 0 saturated heterocycles. The molecule has 2 N–H and O–H groups in total. The van der Waals surface area contributed by atoms with E-state index in [1.54, 1.807) is 24.3 Å². The highest BCUT2D eigenvalue weighted by atomic mass is 35.5. The molecule has 0 aliphatic heterocycles. The van der Waals surface area contributed by atoms with E-state index in [4.69, 9.17) is 28.9 Å². The summed E-state index contributed by atoms with van der Waals surface area (Å²) in [5.74, 6) is -0.493. The Kier molecular flexibility index (Phi) is 3.60. The molecule has 2 nitrogen and oxygen atoms in total. The molecule has 0 bridgehead atoms. The fourth-order valence-corrected chi connectivity index (χ4v) is 2.10. The molecule has 18 heavy (non-hydrogen) atoms. The number of carbonyl (C=O) groups is 1. The van der Waals surface area contributed by atoms with Gasteiger partial charge in [0.2, 0.25) is 5.91 Å². The number of primary amides is 1. The Morgan fingerprint density at radius 3 is 2.28 bits per heavy atom. The second kappa shape index (κ2) is 5.01. The molecule has 2 aromatic rings. The lowest BCUT2D eigenvalue weighted by molar-refractivity contribution is 0.100. The van der Waals surface area contributed by atoms with Gasteiger partial charge in [-0.1, -0.05) is 35.3 Å². The van der Waals surface area contributed by atoms with Crippen molar-refractivity contribution in [2.24, 2.45) is 5.73 Å². The van der Waals surface area contributed by atoms with Gasteiger partial charge in [0, 0.05) is 15.6 Å². The van der Waals surface area contributed by atoms with Crippen LogP contribution in [0.1, 0.15) is 15.9 Å². The summed E-state index contributed by atoms with van der Waals surface area (Å²) in [6.45, 7) is 1.90. The average Bonchev–Trinajstić information content (AvgIpc) is 2.33. The van der Waals surface area contributed by atoms with Gasteiger partial charge in [-0.2, -0.15) is 0 Å². The first kappa shape index (κ1) is 12.9. The second-order valence-corrected chi connectivity index (χ2v) is 4.85. The average molecular weight is 280 g/mol. The highest BCUT2D eigenvalue weighted by molar-refractivity contribution is 6.32. The van der Waals surface area contributed by atoms with Gasteiger partial charge >= 0.3 is 0 Å². The molecule has 2 aromatic carbocycles. The van der Waals surface area contributed by atoms with Crippen LogP contribution in [0, 0.1) is 6.92 Å². The minimum atomic E-state index is -0.493. The van der Waals surface area contributed by atoms with Crippen molar-refractivity contribution >= 4 is 29.1 Å². The van der Waals surface area contributed by atoms with Crippen LogP contribution in [0.2, 0.25) is 10.0 Å². The van der Waals surface area contributed by atoms with Crippen molar-refractivity contribution in [2.75, 3.05) is 0 Å². The van der Waals surface area contributed by atoms with Gasteiger partial charge in [0.05, 0.1) is 0 Å². The quantitative estimate of drug-likeness (QED) is 0.885. The Morgan fingerprint density at radius 2 is 1.72 bits per heavy atom. The van der Waals surface area contributed by atoms with E-state index in [1.165, 1.54) is 0 Å². The number of hydrogen-bond acceptors (Lipinski definition) is 1. The first-order valence-electron chi connectivity index (χ1n) is 5.35. The van der Waals surface area contributed by atoms with E-state index in [9.17, 15) is 4.79 Å². The monoisotopic (exact) mass is 279 g/mol. The molecule has 1 amide bonds. The lowest BCUT2D eigenvalue weighted by Crippen LogP contribution is -2.11. The van der Waals surface area contributed by atoms with Gasteiger partial charge < -0.3 is 5.73 Å². The summed E-state index contributed by atoms with van der Waals surface area (Å²) in [6.07, 6.45) is 0. The van der Waals surface area contributed by atoms with Gasteiger partial charge in [-0.3, -0.25) is 4.79 Å². The number of halogens is 2. The molecular formula is C14H11Cl2NO. The first-order chi connectivity index (χ1) is 8.49. The van der Waals surface area contributed by atoms with Gasteiger partial charge in [0.1, 0.15) is 0 Å². The molecule has 0 radical (unpaired) electrons. The SMILES string of the molecule is Cc1c(Cl)cc(C(N)=O)cc1-c1ccc(Cl)cc1. The topological polar surface area (TPSA) is 43.1 Å². The zero-order valence-electron chi connectivity index (χ0n) is 9.71. The van der Waals surface area contributed by atoms with E-state index in [0.717, 1.165) is 16.7 Å². The predicted octanol–water partition coefficient (Wildman–Crippen LogP) is 4.07. The summed E-state index contributed by atoms with van der Waals surface area (Å²) >= 11 is 12.0.